The normalized spacial score (nSPS) is 14.3. The zero-order chi connectivity index (χ0) is 26.7. The van der Waals surface area contributed by atoms with Crippen LogP contribution in [0.3, 0.4) is 0 Å². The quantitative estimate of drug-likeness (QED) is 0.393. The van der Waals surface area contributed by atoms with E-state index in [-0.39, 0.29) is 24.3 Å². The number of nitrogens with one attached hydrogen (secondary N) is 1. The number of fused-ring (bicyclic) bond motifs is 1. The number of benzene rings is 1. The number of aromatic nitrogens is 3. The molecule has 1 aliphatic heterocycles. The van der Waals surface area contributed by atoms with Crippen LogP contribution in [0.2, 0.25) is 0 Å². The highest BCUT2D eigenvalue weighted by Gasteiger charge is 2.16. The van der Waals surface area contributed by atoms with Crippen LogP contribution in [0.25, 0.3) is 22.3 Å². The average Bonchev–Trinajstić information content (AvgIpc) is 3.21. The first-order valence-corrected chi connectivity index (χ1v) is 14.3. The van der Waals surface area contributed by atoms with Gasteiger partial charge < -0.3 is 15.0 Å². The van der Waals surface area contributed by atoms with Crippen LogP contribution in [0.4, 0.5) is 5.82 Å². The van der Waals surface area contributed by atoms with Crippen molar-refractivity contribution in [3.8, 4) is 11.4 Å². The number of ether oxygens (including phenoxy) is 1. The van der Waals surface area contributed by atoms with Crippen LogP contribution in [0.15, 0.2) is 65.7 Å². The molecule has 0 bridgehead atoms. The summed E-state index contributed by atoms with van der Waals surface area (Å²) in [6, 6.07) is 16.3. The standard InChI is InChI=1S/C28H29N5O4S.H2/c1-19-8-9-20(14-26(19)38(2,35)36)28(34)30-17-22-15-25-21(16-29-22)10-11-24(31-25)23-6-5-7-27(32-23)33-12-3-4-13-37-18-33;/h5-11,14-16H,3-4,12-13,17-18H2,1-2H3,(H,30,34);1H. The molecule has 1 N–H and O–H groups in total. The van der Waals surface area contributed by atoms with Crippen LogP contribution in [0.5, 0.6) is 0 Å². The zero-order valence-electron chi connectivity index (χ0n) is 21.3. The Bertz CT molecular complexity index is 1610. The molecule has 0 aliphatic carbocycles. The second kappa shape index (κ2) is 10.8. The van der Waals surface area contributed by atoms with Crippen molar-refractivity contribution in [2.75, 3.05) is 31.0 Å². The number of aryl methyl sites for hydroxylation is 1. The predicted octanol–water partition coefficient (Wildman–Crippen LogP) is 4.15. The highest BCUT2D eigenvalue weighted by molar-refractivity contribution is 7.90. The predicted molar refractivity (Wildman–Crippen MR) is 148 cm³/mol. The minimum atomic E-state index is -3.43. The summed E-state index contributed by atoms with van der Waals surface area (Å²) < 4.78 is 29.7. The van der Waals surface area contributed by atoms with Crippen LogP contribution < -0.4 is 10.2 Å². The Morgan fingerprint density at radius 2 is 1.92 bits per heavy atom. The molecule has 3 aromatic heterocycles. The Labute approximate surface area is 223 Å². The first kappa shape index (κ1) is 25.7. The average molecular weight is 534 g/mol. The summed E-state index contributed by atoms with van der Waals surface area (Å²) in [5.74, 6) is 0.483. The van der Waals surface area contributed by atoms with E-state index in [1.165, 1.54) is 6.07 Å². The SMILES string of the molecule is Cc1ccc(C(=O)NCc2cc3nc(-c4cccc(N5CCCCOC5)n4)ccc3cn2)cc1S(C)(=O)=O.[HH]. The molecule has 0 saturated carbocycles. The molecule has 0 atom stereocenters. The number of hydrogen-bond donors (Lipinski definition) is 1. The Kier molecular flexibility index (Phi) is 7.35. The maximum atomic E-state index is 12.7. The summed E-state index contributed by atoms with van der Waals surface area (Å²) in [4.78, 5) is 29.1. The highest BCUT2D eigenvalue weighted by atomic mass is 32.2. The summed E-state index contributed by atoms with van der Waals surface area (Å²) in [5.41, 5.74) is 3.75. The Morgan fingerprint density at radius 1 is 1.08 bits per heavy atom. The number of carbonyl (C=O) groups excluding carboxylic acids is 1. The second-order valence-electron chi connectivity index (χ2n) is 9.39. The maximum absolute atomic E-state index is 12.7. The number of nitrogens with zero attached hydrogens (tertiary/aromatic N) is 4. The van der Waals surface area contributed by atoms with E-state index < -0.39 is 9.84 Å². The van der Waals surface area contributed by atoms with Crippen molar-refractivity contribution >= 4 is 32.5 Å². The van der Waals surface area contributed by atoms with Gasteiger partial charge in [0, 0.05) is 38.0 Å². The van der Waals surface area contributed by atoms with Gasteiger partial charge in [-0.1, -0.05) is 12.1 Å². The van der Waals surface area contributed by atoms with E-state index in [0.29, 0.717) is 18.0 Å². The fourth-order valence-corrected chi connectivity index (χ4v) is 5.37. The Hall–Kier alpha value is -3.89. The molecule has 1 saturated heterocycles. The maximum Gasteiger partial charge on any atom is 0.251 e. The van der Waals surface area contributed by atoms with E-state index in [4.69, 9.17) is 14.7 Å². The van der Waals surface area contributed by atoms with Gasteiger partial charge in [0.1, 0.15) is 12.5 Å². The van der Waals surface area contributed by atoms with Crippen LogP contribution in [-0.4, -0.2) is 55.4 Å². The summed E-state index contributed by atoms with van der Waals surface area (Å²) in [7, 11) is -3.43. The first-order chi connectivity index (χ1) is 18.3. The molecule has 1 aliphatic rings. The van der Waals surface area contributed by atoms with Gasteiger partial charge in [-0.2, -0.15) is 0 Å². The summed E-state index contributed by atoms with van der Waals surface area (Å²) in [5, 5.41) is 3.69. The minimum absolute atomic E-state index is 0. The van der Waals surface area contributed by atoms with Crippen LogP contribution in [0.1, 0.15) is 35.9 Å². The Morgan fingerprint density at radius 3 is 2.76 bits per heavy atom. The van der Waals surface area contributed by atoms with E-state index in [0.717, 1.165) is 60.4 Å². The van der Waals surface area contributed by atoms with Gasteiger partial charge in [0.15, 0.2) is 9.84 Å². The molecule has 38 heavy (non-hydrogen) atoms. The first-order valence-electron chi connectivity index (χ1n) is 12.4. The molecular weight excluding hydrogens is 502 g/mol. The van der Waals surface area contributed by atoms with E-state index in [2.05, 4.69) is 15.2 Å². The molecule has 9 nitrogen and oxygen atoms in total. The third kappa shape index (κ3) is 5.81. The molecule has 4 heterocycles. The van der Waals surface area contributed by atoms with Gasteiger partial charge in [-0.15, -0.1) is 0 Å². The molecule has 0 spiro atoms. The van der Waals surface area contributed by atoms with Crippen molar-refractivity contribution in [2.24, 2.45) is 0 Å². The fraction of sp³-hybridized carbons (Fsp3) is 0.286. The number of pyridine rings is 3. The van der Waals surface area contributed by atoms with Gasteiger partial charge in [0.05, 0.1) is 34.0 Å². The van der Waals surface area contributed by atoms with Gasteiger partial charge in [0.2, 0.25) is 0 Å². The molecule has 0 unspecified atom stereocenters. The largest absolute Gasteiger partial charge is 0.361 e. The molecule has 4 aromatic rings. The molecule has 0 radical (unpaired) electrons. The van der Waals surface area contributed by atoms with Gasteiger partial charge in [-0.05, 0) is 67.8 Å². The third-order valence-electron chi connectivity index (χ3n) is 6.44. The number of hydrogen-bond acceptors (Lipinski definition) is 8. The second-order valence-corrected chi connectivity index (χ2v) is 11.4. The molecule has 10 heteroatoms. The number of anilines is 1. The zero-order valence-corrected chi connectivity index (χ0v) is 22.2. The van der Waals surface area contributed by atoms with Crippen LogP contribution in [-0.2, 0) is 21.1 Å². The van der Waals surface area contributed by atoms with E-state index in [9.17, 15) is 13.2 Å². The number of sulfone groups is 1. The lowest BCUT2D eigenvalue weighted by Crippen LogP contribution is -2.26. The highest BCUT2D eigenvalue weighted by Crippen LogP contribution is 2.23. The molecule has 1 amide bonds. The fourth-order valence-electron chi connectivity index (χ4n) is 4.38. The van der Waals surface area contributed by atoms with Gasteiger partial charge in [-0.3, -0.25) is 9.78 Å². The topological polar surface area (TPSA) is 114 Å². The van der Waals surface area contributed by atoms with Gasteiger partial charge in [-0.25, -0.2) is 18.4 Å². The molecule has 1 fully saturated rings. The van der Waals surface area contributed by atoms with E-state index in [1.807, 2.05) is 36.4 Å². The summed E-state index contributed by atoms with van der Waals surface area (Å²) >= 11 is 0. The number of rotatable bonds is 6. The van der Waals surface area contributed by atoms with Crippen molar-refractivity contribution in [3.63, 3.8) is 0 Å². The lowest BCUT2D eigenvalue weighted by atomic mass is 10.1. The third-order valence-corrected chi connectivity index (χ3v) is 7.68. The van der Waals surface area contributed by atoms with Crippen LogP contribution in [0, 0.1) is 6.92 Å². The molecule has 198 valence electrons. The van der Waals surface area contributed by atoms with Crippen LogP contribution >= 0.6 is 0 Å². The van der Waals surface area contributed by atoms with Crippen molar-refractivity contribution in [1.29, 1.82) is 0 Å². The monoisotopic (exact) mass is 533 g/mol. The molecule has 5 rings (SSSR count). The summed E-state index contributed by atoms with van der Waals surface area (Å²) in [6.45, 7) is 4.08. The summed E-state index contributed by atoms with van der Waals surface area (Å²) in [6.07, 6.45) is 4.97. The van der Waals surface area contributed by atoms with Crippen molar-refractivity contribution in [1.82, 2.24) is 20.3 Å². The van der Waals surface area contributed by atoms with E-state index in [1.54, 1.807) is 25.3 Å². The minimum Gasteiger partial charge on any atom is -0.361 e. The van der Waals surface area contributed by atoms with Gasteiger partial charge >= 0.3 is 0 Å². The van der Waals surface area contributed by atoms with E-state index >= 15 is 0 Å². The number of carbonyl (C=O) groups is 1. The van der Waals surface area contributed by atoms with Gasteiger partial charge in [0.25, 0.3) is 5.91 Å². The number of amides is 1. The van der Waals surface area contributed by atoms with Crippen molar-refractivity contribution in [3.05, 3.63) is 77.6 Å². The van der Waals surface area contributed by atoms with Crippen molar-refractivity contribution < 1.29 is 19.4 Å². The lowest BCUT2D eigenvalue weighted by Gasteiger charge is -2.21. The molecule has 1 aromatic carbocycles. The smallest absolute Gasteiger partial charge is 0.251 e. The molecular formula is C28H31N5O4S. The Balaban J connectivity index is 0.00000353. The van der Waals surface area contributed by atoms with Crippen molar-refractivity contribution in [2.45, 2.75) is 31.2 Å². The lowest BCUT2D eigenvalue weighted by molar-refractivity contribution is 0.0950.